The first-order chi connectivity index (χ1) is 11.1. The fourth-order valence-corrected chi connectivity index (χ4v) is 2.51. The molecule has 0 unspecified atom stereocenters. The molecule has 0 bridgehead atoms. The second-order valence-electron chi connectivity index (χ2n) is 5.37. The van der Waals surface area contributed by atoms with Crippen LogP contribution in [-0.2, 0) is 22.6 Å². The Labute approximate surface area is 133 Å². The van der Waals surface area contributed by atoms with Crippen molar-refractivity contribution in [3.8, 4) is 5.75 Å². The van der Waals surface area contributed by atoms with Gasteiger partial charge in [0, 0.05) is 23.7 Å². The van der Waals surface area contributed by atoms with Gasteiger partial charge < -0.3 is 19.2 Å². The molecule has 6 heteroatoms. The molecular weight excluding hydrogens is 298 g/mol. The summed E-state index contributed by atoms with van der Waals surface area (Å²) in [5.41, 5.74) is 2.58. The van der Waals surface area contributed by atoms with E-state index in [0.29, 0.717) is 23.5 Å². The van der Waals surface area contributed by atoms with Crippen LogP contribution in [-0.4, -0.2) is 19.0 Å². The first-order valence-electron chi connectivity index (χ1n) is 7.30. The van der Waals surface area contributed by atoms with Crippen LogP contribution in [0.2, 0.25) is 0 Å². The number of carbonyl (C=O) groups is 2. The molecule has 0 fully saturated rings. The number of amides is 1. The summed E-state index contributed by atoms with van der Waals surface area (Å²) in [6.45, 7) is 1.96. The van der Waals surface area contributed by atoms with Gasteiger partial charge in [0.15, 0.2) is 0 Å². The summed E-state index contributed by atoms with van der Waals surface area (Å²) in [5.74, 6) is 0.845. The number of anilines is 1. The number of hydrogen-bond acceptors (Lipinski definition) is 5. The third-order valence-electron chi connectivity index (χ3n) is 3.70. The van der Waals surface area contributed by atoms with Crippen LogP contribution >= 0.6 is 0 Å². The third-order valence-corrected chi connectivity index (χ3v) is 3.70. The molecule has 1 aliphatic rings. The molecule has 1 aromatic carbocycles. The molecule has 2 heterocycles. The molecule has 0 radical (unpaired) electrons. The molecule has 23 heavy (non-hydrogen) atoms. The van der Waals surface area contributed by atoms with Gasteiger partial charge in [0.1, 0.15) is 18.1 Å². The van der Waals surface area contributed by atoms with Crippen molar-refractivity contribution in [2.75, 3.05) is 12.4 Å². The smallest absolute Gasteiger partial charge is 0.374 e. The molecule has 0 aliphatic carbocycles. The standard InChI is InChI=1S/C17H17NO5/c1-10-7-13(23-16(10)17(20)21-2)9-22-12-5-3-11-4-6-15(19)18-14(11)8-12/h3,5,7-8H,4,6,9H2,1-2H3,(H,18,19). The van der Waals surface area contributed by atoms with Crippen molar-refractivity contribution in [3.63, 3.8) is 0 Å². The number of fused-ring (bicyclic) bond motifs is 1. The Morgan fingerprint density at radius 2 is 2.13 bits per heavy atom. The fourth-order valence-electron chi connectivity index (χ4n) is 2.51. The van der Waals surface area contributed by atoms with E-state index in [0.717, 1.165) is 17.7 Å². The highest BCUT2D eigenvalue weighted by molar-refractivity contribution is 5.94. The monoisotopic (exact) mass is 315 g/mol. The van der Waals surface area contributed by atoms with Crippen LogP contribution in [0.5, 0.6) is 5.75 Å². The predicted octanol–water partition coefficient (Wildman–Crippen LogP) is 2.84. The SMILES string of the molecule is COC(=O)c1oc(COc2ccc3c(c2)NC(=O)CC3)cc1C. The molecule has 6 nitrogen and oxygen atoms in total. The number of nitrogens with one attached hydrogen (secondary N) is 1. The molecule has 2 aromatic rings. The topological polar surface area (TPSA) is 77.8 Å². The van der Waals surface area contributed by atoms with Crippen molar-refractivity contribution in [2.45, 2.75) is 26.4 Å². The number of esters is 1. The van der Waals surface area contributed by atoms with Gasteiger partial charge in [0.05, 0.1) is 7.11 Å². The average Bonchev–Trinajstić information content (AvgIpc) is 2.92. The highest BCUT2D eigenvalue weighted by atomic mass is 16.5. The van der Waals surface area contributed by atoms with E-state index in [1.54, 1.807) is 19.1 Å². The molecule has 1 amide bonds. The lowest BCUT2D eigenvalue weighted by molar-refractivity contribution is -0.116. The summed E-state index contributed by atoms with van der Waals surface area (Å²) in [6.07, 6.45) is 1.25. The molecule has 0 atom stereocenters. The van der Waals surface area contributed by atoms with E-state index in [4.69, 9.17) is 9.15 Å². The number of benzene rings is 1. The van der Waals surface area contributed by atoms with Gasteiger partial charge in [-0.15, -0.1) is 0 Å². The number of aryl methyl sites for hydroxylation is 2. The van der Waals surface area contributed by atoms with Gasteiger partial charge in [0.2, 0.25) is 11.7 Å². The Morgan fingerprint density at radius 1 is 1.30 bits per heavy atom. The van der Waals surface area contributed by atoms with Gasteiger partial charge in [-0.1, -0.05) is 6.07 Å². The average molecular weight is 315 g/mol. The van der Waals surface area contributed by atoms with E-state index in [1.807, 2.05) is 12.1 Å². The zero-order valence-corrected chi connectivity index (χ0v) is 13.0. The van der Waals surface area contributed by atoms with Gasteiger partial charge in [-0.05, 0) is 31.0 Å². The normalized spacial score (nSPS) is 13.2. The van der Waals surface area contributed by atoms with Crippen molar-refractivity contribution in [1.29, 1.82) is 0 Å². The van der Waals surface area contributed by atoms with Crippen molar-refractivity contribution in [3.05, 3.63) is 46.9 Å². The van der Waals surface area contributed by atoms with Gasteiger partial charge in [0.25, 0.3) is 0 Å². The van der Waals surface area contributed by atoms with E-state index >= 15 is 0 Å². The quantitative estimate of drug-likeness (QED) is 0.878. The lowest BCUT2D eigenvalue weighted by atomic mass is 10.0. The predicted molar refractivity (Wildman–Crippen MR) is 82.5 cm³/mol. The molecule has 1 N–H and O–H groups in total. The van der Waals surface area contributed by atoms with Gasteiger partial charge in [-0.25, -0.2) is 4.79 Å². The Hall–Kier alpha value is -2.76. The Bertz CT molecular complexity index is 762. The summed E-state index contributed by atoms with van der Waals surface area (Å²) in [6, 6.07) is 7.33. The molecule has 0 saturated heterocycles. The van der Waals surface area contributed by atoms with E-state index in [1.165, 1.54) is 7.11 Å². The number of rotatable bonds is 4. The van der Waals surface area contributed by atoms with Crippen molar-refractivity contribution < 1.29 is 23.5 Å². The summed E-state index contributed by atoms with van der Waals surface area (Å²) in [7, 11) is 1.31. The van der Waals surface area contributed by atoms with Crippen LogP contribution in [0.4, 0.5) is 5.69 Å². The van der Waals surface area contributed by atoms with Crippen LogP contribution in [0.1, 0.15) is 33.9 Å². The summed E-state index contributed by atoms with van der Waals surface area (Å²) in [5, 5.41) is 2.83. The largest absolute Gasteiger partial charge is 0.486 e. The number of hydrogen-bond donors (Lipinski definition) is 1. The van der Waals surface area contributed by atoms with E-state index in [2.05, 4.69) is 10.1 Å². The number of methoxy groups -OCH3 is 1. The molecule has 3 rings (SSSR count). The lowest BCUT2D eigenvalue weighted by Crippen LogP contribution is -2.18. The zero-order valence-electron chi connectivity index (χ0n) is 13.0. The second-order valence-corrected chi connectivity index (χ2v) is 5.37. The van der Waals surface area contributed by atoms with Crippen molar-refractivity contribution >= 4 is 17.6 Å². The van der Waals surface area contributed by atoms with Gasteiger partial charge >= 0.3 is 5.97 Å². The summed E-state index contributed by atoms with van der Waals surface area (Å²) < 4.78 is 15.8. The van der Waals surface area contributed by atoms with E-state index in [-0.39, 0.29) is 18.3 Å². The van der Waals surface area contributed by atoms with Crippen LogP contribution in [0, 0.1) is 6.92 Å². The third kappa shape index (κ3) is 3.21. The van der Waals surface area contributed by atoms with Crippen molar-refractivity contribution in [1.82, 2.24) is 0 Å². The Morgan fingerprint density at radius 3 is 2.91 bits per heavy atom. The highest BCUT2D eigenvalue weighted by Crippen LogP contribution is 2.28. The summed E-state index contributed by atoms with van der Waals surface area (Å²) in [4.78, 5) is 23.0. The Balaban J connectivity index is 1.70. The fraction of sp³-hybridized carbons (Fsp3) is 0.294. The maximum atomic E-state index is 11.5. The molecule has 120 valence electrons. The zero-order chi connectivity index (χ0) is 16.4. The van der Waals surface area contributed by atoms with Crippen LogP contribution < -0.4 is 10.1 Å². The molecule has 0 saturated carbocycles. The second kappa shape index (κ2) is 6.16. The van der Waals surface area contributed by atoms with Crippen molar-refractivity contribution in [2.24, 2.45) is 0 Å². The lowest BCUT2D eigenvalue weighted by Gasteiger charge is -2.17. The minimum atomic E-state index is -0.509. The number of ether oxygens (including phenoxy) is 2. The van der Waals surface area contributed by atoms with Gasteiger partial charge in [-0.2, -0.15) is 0 Å². The maximum Gasteiger partial charge on any atom is 0.374 e. The highest BCUT2D eigenvalue weighted by Gasteiger charge is 2.17. The van der Waals surface area contributed by atoms with Crippen LogP contribution in [0.15, 0.2) is 28.7 Å². The van der Waals surface area contributed by atoms with E-state index in [9.17, 15) is 9.59 Å². The molecule has 1 aromatic heterocycles. The van der Waals surface area contributed by atoms with Crippen LogP contribution in [0.3, 0.4) is 0 Å². The minimum absolute atomic E-state index is 0.0130. The molecule has 1 aliphatic heterocycles. The van der Waals surface area contributed by atoms with Gasteiger partial charge in [-0.3, -0.25) is 4.79 Å². The minimum Gasteiger partial charge on any atom is -0.486 e. The molecule has 0 spiro atoms. The van der Waals surface area contributed by atoms with E-state index < -0.39 is 5.97 Å². The van der Waals surface area contributed by atoms with Crippen LogP contribution in [0.25, 0.3) is 0 Å². The first-order valence-corrected chi connectivity index (χ1v) is 7.30. The molecular formula is C17H17NO5. The summed E-state index contributed by atoms with van der Waals surface area (Å²) >= 11 is 0. The Kier molecular flexibility index (Phi) is 4.06. The number of furan rings is 1. The number of carbonyl (C=O) groups excluding carboxylic acids is 2. The first kappa shape index (κ1) is 15.1. The maximum absolute atomic E-state index is 11.5.